The molecule has 1 unspecified atom stereocenters. The second-order valence-electron chi connectivity index (χ2n) is 6.89. The van der Waals surface area contributed by atoms with Gasteiger partial charge < -0.3 is 5.32 Å². The fourth-order valence-electron chi connectivity index (χ4n) is 3.14. The Labute approximate surface area is 170 Å². The first kappa shape index (κ1) is 19.0. The van der Waals surface area contributed by atoms with E-state index in [0.717, 1.165) is 26.6 Å². The number of fused-ring (bicyclic) bond motifs is 1. The van der Waals surface area contributed by atoms with Gasteiger partial charge in [-0.25, -0.2) is 14.3 Å². The molecule has 0 fully saturated rings. The molecule has 0 saturated carbocycles. The van der Waals surface area contributed by atoms with Gasteiger partial charge in [0.1, 0.15) is 6.04 Å². The van der Waals surface area contributed by atoms with Crippen molar-refractivity contribution in [2.24, 2.45) is 0 Å². The monoisotopic (exact) mass is 408 g/mol. The van der Waals surface area contributed by atoms with E-state index in [9.17, 15) is 9.59 Å². The normalized spacial score (nSPS) is 12.3. The lowest BCUT2D eigenvalue weighted by Crippen LogP contribution is -2.33. The van der Waals surface area contributed by atoms with Crippen LogP contribution in [0, 0.1) is 20.8 Å². The number of hydrogen-bond donors (Lipinski definition) is 1. The third kappa shape index (κ3) is 3.68. The summed E-state index contributed by atoms with van der Waals surface area (Å²) < 4.78 is 3.88. The van der Waals surface area contributed by atoms with Crippen molar-refractivity contribution in [1.82, 2.24) is 24.5 Å². The molecule has 3 aromatic heterocycles. The summed E-state index contributed by atoms with van der Waals surface area (Å²) in [5, 5.41) is 12.6. The molecular formula is C20H20N6O2S. The van der Waals surface area contributed by atoms with Crippen molar-refractivity contribution in [3.05, 3.63) is 63.1 Å². The van der Waals surface area contributed by atoms with Gasteiger partial charge in [0.2, 0.25) is 5.91 Å². The van der Waals surface area contributed by atoms with Crippen LogP contribution in [0.25, 0.3) is 16.0 Å². The molecule has 29 heavy (non-hydrogen) atoms. The van der Waals surface area contributed by atoms with Gasteiger partial charge >= 0.3 is 0 Å². The number of amides is 1. The van der Waals surface area contributed by atoms with Crippen molar-refractivity contribution in [3.8, 4) is 5.82 Å². The number of rotatable bonds is 4. The van der Waals surface area contributed by atoms with Gasteiger partial charge in [-0.15, -0.1) is 16.4 Å². The van der Waals surface area contributed by atoms with Crippen molar-refractivity contribution in [2.75, 3.05) is 5.32 Å². The molecule has 0 aliphatic carbocycles. The van der Waals surface area contributed by atoms with Crippen LogP contribution in [0.2, 0.25) is 0 Å². The molecule has 0 bridgehead atoms. The van der Waals surface area contributed by atoms with Crippen LogP contribution < -0.4 is 10.9 Å². The number of hydrogen-bond acceptors (Lipinski definition) is 6. The number of carbonyl (C=O) groups excluding carboxylic acids is 1. The first-order valence-corrected chi connectivity index (χ1v) is 9.95. The maximum Gasteiger partial charge on any atom is 0.267 e. The second-order valence-corrected chi connectivity index (χ2v) is 8.13. The summed E-state index contributed by atoms with van der Waals surface area (Å²) in [6, 6.07) is 9.69. The fourth-order valence-corrected chi connectivity index (χ4v) is 3.95. The Bertz CT molecular complexity index is 1290. The number of anilines is 1. The molecule has 4 aromatic rings. The van der Waals surface area contributed by atoms with Gasteiger partial charge in [-0.1, -0.05) is 0 Å². The minimum atomic E-state index is -0.799. The zero-order valence-corrected chi connectivity index (χ0v) is 17.3. The predicted octanol–water partition coefficient (Wildman–Crippen LogP) is 3.16. The third-order valence-electron chi connectivity index (χ3n) is 4.55. The molecule has 1 N–H and O–H groups in total. The molecular weight excluding hydrogens is 388 g/mol. The van der Waals surface area contributed by atoms with Crippen LogP contribution in [0.3, 0.4) is 0 Å². The summed E-state index contributed by atoms with van der Waals surface area (Å²) in [4.78, 5) is 29.6. The van der Waals surface area contributed by atoms with E-state index in [2.05, 4.69) is 20.5 Å². The lowest BCUT2D eigenvalue weighted by molar-refractivity contribution is -0.119. The number of nitrogens with one attached hydrogen (secondary N) is 1. The quantitative estimate of drug-likeness (QED) is 0.560. The molecule has 1 aromatic carbocycles. The molecule has 1 amide bonds. The number of thiazole rings is 1. The summed E-state index contributed by atoms with van der Waals surface area (Å²) in [5.74, 6) is 0.144. The van der Waals surface area contributed by atoms with E-state index in [0.29, 0.717) is 11.5 Å². The zero-order valence-electron chi connectivity index (χ0n) is 16.5. The van der Waals surface area contributed by atoms with E-state index in [4.69, 9.17) is 0 Å². The first-order chi connectivity index (χ1) is 13.8. The highest BCUT2D eigenvalue weighted by Crippen LogP contribution is 2.24. The largest absolute Gasteiger partial charge is 0.324 e. The summed E-state index contributed by atoms with van der Waals surface area (Å²) in [6.45, 7) is 7.37. The van der Waals surface area contributed by atoms with Crippen LogP contribution in [-0.2, 0) is 4.79 Å². The highest BCUT2D eigenvalue weighted by Gasteiger charge is 2.19. The van der Waals surface area contributed by atoms with Gasteiger partial charge in [0.05, 0.1) is 20.9 Å². The number of carbonyl (C=O) groups is 1. The maximum absolute atomic E-state index is 12.8. The van der Waals surface area contributed by atoms with E-state index in [1.165, 1.54) is 10.7 Å². The Kier molecular flexibility index (Phi) is 4.75. The first-order valence-electron chi connectivity index (χ1n) is 9.13. The molecule has 0 spiro atoms. The van der Waals surface area contributed by atoms with E-state index in [-0.39, 0.29) is 11.5 Å². The van der Waals surface area contributed by atoms with Crippen LogP contribution in [0.5, 0.6) is 0 Å². The number of benzene rings is 1. The number of nitrogens with zero attached hydrogens (tertiary/aromatic N) is 5. The smallest absolute Gasteiger partial charge is 0.267 e. The lowest BCUT2D eigenvalue weighted by atomic mass is 10.2. The van der Waals surface area contributed by atoms with Crippen LogP contribution in [0.4, 0.5) is 5.69 Å². The van der Waals surface area contributed by atoms with E-state index >= 15 is 0 Å². The van der Waals surface area contributed by atoms with Gasteiger partial charge in [-0.2, -0.15) is 5.10 Å². The zero-order chi connectivity index (χ0) is 20.7. The Morgan fingerprint density at radius 1 is 1.10 bits per heavy atom. The molecule has 4 rings (SSSR count). The van der Waals surface area contributed by atoms with Gasteiger partial charge in [-0.05, 0) is 58.0 Å². The highest BCUT2D eigenvalue weighted by molar-refractivity contribution is 7.18. The number of aryl methyl sites for hydroxylation is 3. The van der Waals surface area contributed by atoms with Crippen molar-refractivity contribution < 1.29 is 4.79 Å². The summed E-state index contributed by atoms with van der Waals surface area (Å²) in [6.07, 6.45) is 0. The van der Waals surface area contributed by atoms with Gasteiger partial charge in [0.25, 0.3) is 5.56 Å². The molecule has 148 valence electrons. The molecule has 0 radical (unpaired) electrons. The SMILES string of the molecule is Cc1cc(C)n(-c2ccc(=O)n(C(C)C(=O)Nc3ccc4sc(C)nc4c3)n2)n1. The van der Waals surface area contributed by atoms with Crippen LogP contribution in [0.15, 0.2) is 41.2 Å². The van der Waals surface area contributed by atoms with E-state index < -0.39 is 6.04 Å². The Hall–Kier alpha value is -3.33. The fraction of sp³-hybridized carbons (Fsp3) is 0.250. The summed E-state index contributed by atoms with van der Waals surface area (Å²) >= 11 is 1.60. The summed E-state index contributed by atoms with van der Waals surface area (Å²) in [5.41, 5.74) is 2.84. The Morgan fingerprint density at radius 3 is 2.62 bits per heavy atom. The molecule has 1 atom stereocenters. The van der Waals surface area contributed by atoms with E-state index in [1.807, 2.05) is 45.0 Å². The Morgan fingerprint density at radius 2 is 1.90 bits per heavy atom. The van der Waals surface area contributed by atoms with Crippen molar-refractivity contribution in [2.45, 2.75) is 33.7 Å². The second kappa shape index (κ2) is 7.25. The van der Waals surface area contributed by atoms with Crippen LogP contribution >= 0.6 is 11.3 Å². The third-order valence-corrected chi connectivity index (χ3v) is 5.50. The molecule has 9 heteroatoms. The standard InChI is InChI=1S/C20H20N6O2S/c1-11-9-12(2)25(23-11)18-7-8-19(27)26(24-18)13(3)20(28)22-15-5-6-17-16(10-15)21-14(4)29-17/h5-10,13H,1-4H3,(H,22,28). The lowest BCUT2D eigenvalue weighted by Gasteiger charge is -2.15. The maximum atomic E-state index is 12.8. The molecule has 3 heterocycles. The summed E-state index contributed by atoms with van der Waals surface area (Å²) in [7, 11) is 0. The molecule has 0 aliphatic rings. The molecule has 8 nitrogen and oxygen atoms in total. The van der Waals surface area contributed by atoms with Crippen molar-refractivity contribution in [1.29, 1.82) is 0 Å². The van der Waals surface area contributed by atoms with Crippen molar-refractivity contribution in [3.63, 3.8) is 0 Å². The molecule has 0 saturated heterocycles. The van der Waals surface area contributed by atoms with Crippen molar-refractivity contribution >= 4 is 33.1 Å². The van der Waals surface area contributed by atoms with Gasteiger partial charge in [0, 0.05) is 17.4 Å². The van der Waals surface area contributed by atoms with Crippen LogP contribution in [0.1, 0.15) is 29.4 Å². The highest BCUT2D eigenvalue weighted by atomic mass is 32.1. The van der Waals surface area contributed by atoms with Gasteiger partial charge in [-0.3, -0.25) is 9.59 Å². The van der Waals surface area contributed by atoms with E-state index in [1.54, 1.807) is 29.0 Å². The average Bonchev–Trinajstić information content (AvgIpc) is 3.21. The minimum absolute atomic E-state index is 0.337. The number of aromatic nitrogens is 5. The van der Waals surface area contributed by atoms with Crippen LogP contribution in [-0.4, -0.2) is 30.5 Å². The topological polar surface area (TPSA) is 94.7 Å². The molecule has 0 aliphatic heterocycles. The minimum Gasteiger partial charge on any atom is -0.324 e. The average molecular weight is 408 g/mol. The van der Waals surface area contributed by atoms with Gasteiger partial charge in [0.15, 0.2) is 5.82 Å². The predicted molar refractivity (Wildman–Crippen MR) is 113 cm³/mol. The Balaban J connectivity index is 1.61.